The Morgan fingerprint density at radius 2 is 1.67 bits per heavy atom. The molecular weight excluding hydrogens is 361 g/mol. The van der Waals surface area contributed by atoms with Crippen molar-refractivity contribution in [3.05, 3.63) is 0 Å². The van der Waals surface area contributed by atoms with E-state index in [-0.39, 0.29) is 34.3 Å². The molecular formula is C12H28IN3OS. The summed E-state index contributed by atoms with van der Waals surface area (Å²) in [6, 6.07) is 0. The number of ether oxygens (including phenoxy) is 1. The molecule has 0 spiro atoms. The third-order valence-corrected chi connectivity index (χ3v) is 3.94. The van der Waals surface area contributed by atoms with Crippen LogP contribution in [-0.4, -0.2) is 49.8 Å². The summed E-state index contributed by atoms with van der Waals surface area (Å²) < 4.78 is 5.55. The number of halogens is 1. The fourth-order valence-corrected chi connectivity index (χ4v) is 1.17. The molecule has 0 aromatic rings. The Bertz CT molecular complexity index is 236. The molecule has 110 valence electrons. The van der Waals surface area contributed by atoms with E-state index >= 15 is 0 Å². The van der Waals surface area contributed by atoms with E-state index < -0.39 is 0 Å². The van der Waals surface area contributed by atoms with Gasteiger partial charge in [0.15, 0.2) is 5.96 Å². The molecule has 0 aliphatic heterocycles. The monoisotopic (exact) mass is 389 g/mol. The first-order chi connectivity index (χ1) is 7.76. The molecule has 0 radical (unpaired) electrons. The van der Waals surface area contributed by atoms with Gasteiger partial charge in [-0.15, -0.1) is 24.0 Å². The van der Waals surface area contributed by atoms with Crippen molar-refractivity contribution in [2.45, 2.75) is 38.0 Å². The van der Waals surface area contributed by atoms with Gasteiger partial charge in [0.2, 0.25) is 0 Å². The molecule has 0 aromatic carbocycles. The Morgan fingerprint density at radius 3 is 2.06 bits per heavy atom. The summed E-state index contributed by atoms with van der Waals surface area (Å²) in [5, 5.41) is 6.58. The van der Waals surface area contributed by atoms with Gasteiger partial charge in [0, 0.05) is 32.0 Å². The van der Waals surface area contributed by atoms with Crippen molar-refractivity contribution in [1.82, 2.24) is 10.6 Å². The third-order valence-electron chi connectivity index (χ3n) is 2.69. The summed E-state index contributed by atoms with van der Waals surface area (Å²) in [7, 11) is 3.50. The van der Waals surface area contributed by atoms with Gasteiger partial charge in [-0.05, 0) is 34.0 Å². The quantitative estimate of drug-likeness (QED) is 0.416. The number of hydrogen-bond donors (Lipinski definition) is 2. The molecule has 0 rings (SSSR count). The highest BCUT2D eigenvalue weighted by Crippen LogP contribution is 2.19. The zero-order chi connectivity index (χ0) is 13.5. The Kier molecular flexibility index (Phi) is 10.6. The average Bonchev–Trinajstić information content (AvgIpc) is 2.29. The lowest BCUT2D eigenvalue weighted by Crippen LogP contribution is -2.48. The molecule has 0 aliphatic carbocycles. The molecule has 0 aliphatic rings. The molecule has 0 bridgehead atoms. The van der Waals surface area contributed by atoms with Gasteiger partial charge in [0.25, 0.3) is 0 Å². The van der Waals surface area contributed by atoms with E-state index in [2.05, 4.69) is 35.7 Å². The van der Waals surface area contributed by atoms with Crippen molar-refractivity contribution >= 4 is 41.7 Å². The second-order valence-electron chi connectivity index (χ2n) is 5.21. The topological polar surface area (TPSA) is 45.7 Å². The van der Waals surface area contributed by atoms with Crippen molar-refractivity contribution in [3.8, 4) is 0 Å². The molecule has 0 unspecified atom stereocenters. The molecule has 6 heteroatoms. The summed E-state index contributed by atoms with van der Waals surface area (Å²) in [6.45, 7) is 10.1. The number of aliphatic imine (C=N–C) groups is 1. The first-order valence-electron chi connectivity index (χ1n) is 5.81. The minimum absolute atomic E-state index is 0. The number of methoxy groups -OCH3 is 1. The Morgan fingerprint density at radius 1 is 1.17 bits per heavy atom. The maximum Gasteiger partial charge on any atom is 0.191 e. The van der Waals surface area contributed by atoms with Crippen LogP contribution in [0.2, 0.25) is 0 Å². The number of guanidine groups is 1. The maximum atomic E-state index is 5.35. The summed E-state index contributed by atoms with van der Waals surface area (Å²) in [4.78, 5) is 4.19. The first-order valence-corrected chi connectivity index (χ1v) is 7.03. The molecule has 2 N–H and O–H groups in total. The smallest absolute Gasteiger partial charge is 0.191 e. The van der Waals surface area contributed by atoms with Crippen LogP contribution in [-0.2, 0) is 4.74 Å². The van der Waals surface area contributed by atoms with Crippen LogP contribution < -0.4 is 10.6 Å². The zero-order valence-electron chi connectivity index (χ0n) is 12.6. The van der Waals surface area contributed by atoms with Gasteiger partial charge < -0.3 is 15.4 Å². The van der Waals surface area contributed by atoms with Gasteiger partial charge in [-0.25, -0.2) is 0 Å². The highest BCUT2D eigenvalue weighted by Gasteiger charge is 2.18. The summed E-state index contributed by atoms with van der Waals surface area (Å²) in [6.07, 6.45) is 2.12. The minimum Gasteiger partial charge on any atom is -0.377 e. The van der Waals surface area contributed by atoms with Gasteiger partial charge in [0.1, 0.15) is 0 Å². The van der Waals surface area contributed by atoms with Crippen LogP contribution in [0.25, 0.3) is 0 Å². The van der Waals surface area contributed by atoms with E-state index in [1.807, 2.05) is 25.6 Å². The van der Waals surface area contributed by atoms with Gasteiger partial charge in [0.05, 0.1) is 5.60 Å². The van der Waals surface area contributed by atoms with E-state index in [4.69, 9.17) is 4.74 Å². The summed E-state index contributed by atoms with van der Waals surface area (Å²) in [5.74, 6) is 0.817. The lowest BCUT2D eigenvalue weighted by atomic mass is 10.1. The number of nitrogens with one attached hydrogen (secondary N) is 2. The number of hydrogen-bond acceptors (Lipinski definition) is 3. The minimum atomic E-state index is -0.188. The van der Waals surface area contributed by atoms with Crippen LogP contribution in [0.4, 0.5) is 0 Å². The number of thioether (sulfide) groups is 1. The largest absolute Gasteiger partial charge is 0.377 e. The van der Waals surface area contributed by atoms with Crippen LogP contribution in [0, 0.1) is 0 Å². The molecule has 0 aromatic heterocycles. The number of rotatable bonds is 6. The van der Waals surface area contributed by atoms with Crippen molar-refractivity contribution in [2.75, 3.05) is 33.5 Å². The Hall–Kier alpha value is 0.310. The highest BCUT2D eigenvalue weighted by molar-refractivity contribution is 14.0. The van der Waals surface area contributed by atoms with Crippen LogP contribution in [0.5, 0.6) is 0 Å². The molecule has 18 heavy (non-hydrogen) atoms. The van der Waals surface area contributed by atoms with Crippen molar-refractivity contribution in [2.24, 2.45) is 4.99 Å². The van der Waals surface area contributed by atoms with Crippen molar-refractivity contribution in [3.63, 3.8) is 0 Å². The molecule has 0 saturated carbocycles. The van der Waals surface area contributed by atoms with Crippen LogP contribution in [0.15, 0.2) is 4.99 Å². The lowest BCUT2D eigenvalue weighted by molar-refractivity contribution is 0.0268. The standard InChI is InChI=1S/C12H27N3OS.HI/c1-11(2,16-6)8-14-10(13-5)15-9-12(3,4)17-7;/h8-9H2,1-7H3,(H2,13,14,15);1H. The van der Waals surface area contributed by atoms with E-state index in [1.165, 1.54) is 0 Å². The SMILES string of the molecule is CN=C(NCC(C)(C)OC)NCC(C)(C)SC.I. The normalized spacial score (nSPS) is 12.9. The molecule has 4 nitrogen and oxygen atoms in total. The van der Waals surface area contributed by atoms with Crippen LogP contribution >= 0.6 is 35.7 Å². The summed E-state index contributed by atoms with van der Waals surface area (Å²) in [5.41, 5.74) is -0.188. The van der Waals surface area contributed by atoms with Crippen LogP contribution in [0.3, 0.4) is 0 Å². The van der Waals surface area contributed by atoms with E-state index in [1.54, 1.807) is 14.2 Å². The predicted molar refractivity (Wildman–Crippen MR) is 93.5 cm³/mol. The van der Waals surface area contributed by atoms with Gasteiger partial charge in [-0.2, -0.15) is 11.8 Å². The second-order valence-corrected chi connectivity index (χ2v) is 6.72. The fraction of sp³-hybridized carbons (Fsp3) is 0.917. The van der Waals surface area contributed by atoms with Crippen molar-refractivity contribution in [1.29, 1.82) is 0 Å². The van der Waals surface area contributed by atoms with Crippen molar-refractivity contribution < 1.29 is 4.74 Å². The highest BCUT2D eigenvalue weighted by atomic mass is 127. The second kappa shape index (κ2) is 9.25. The molecule has 0 atom stereocenters. The van der Waals surface area contributed by atoms with Gasteiger partial charge >= 0.3 is 0 Å². The van der Waals surface area contributed by atoms with Gasteiger partial charge in [-0.1, -0.05) is 0 Å². The maximum absolute atomic E-state index is 5.35. The Balaban J connectivity index is 0. The van der Waals surface area contributed by atoms with Crippen LogP contribution in [0.1, 0.15) is 27.7 Å². The summed E-state index contributed by atoms with van der Waals surface area (Å²) >= 11 is 1.84. The molecule has 0 saturated heterocycles. The predicted octanol–water partition coefficient (Wildman–Crippen LogP) is 2.34. The van der Waals surface area contributed by atoms with Gasteiger partial charge in [-0.3, -0.25) is 4.99 Å². The Labute approximate surface area is 133 Å². The fourth-order valence-electron chi connectivity index (χ4n) is 0.958. The van der Waals surface area contributed by atoms with E-state index in [0.717, 1.165) is 19.0 Å². The van der Waals surface area contributed by atoms with E-state index in [9.17, 15) is 0 Å². The lowest BCUT2D eigenvalue weighted by Gasteiger charge is -2.27. The number of nitrogens with zero attached hydrogens (tertiary/aromatic N) is 1. The average molecular weight is 389 g/mol. The van der Waals surface area contributed by atoms with E-state index in [0.29, 0.717) is 0 Å². The zero-order valence-corrected chi connectivity index (χ0v) is 15.7. The molecule has 0 fully saturated rings. The molecule has 0 heterocycles. The first kappa shape index (κ1) is 20.6. The third kappa shape index (κ3) is 9.27. The molecule has 0 amide bonds.